The van der Waals surface area contributed by atoms with Crippen molar-refractivity contribution in [3.8, 4) is 0 Å². The second-order valence-electron chi connectivity index (χ2n) is 4.33. The molecule has 1 nitrogen and oxygen atoms in total. The molecule has 1 rings (SSSR count). The minimum Gasteiger partial charge on any atom is -0.314 e. The van der Waals surface area contributed by atoms with E-state index in [2.05, 4.69) is 26.1 Å². The molecule has 0 spiro atoms. The van der Waals surface area contributed by atoms with Crippen LogP contribution in [-0.4, -0.2) is 12.6 Å². The van der Waals surface area contributed by atoms with E-state index in [1.54, 1.807) is 6.07 Å². The van der Waals surface area contributed by atoms with Crippen molar-refractivity contribution in [2.75, 3.05) is 6.54 Å². The van der Waals surface area contributed by atoms with Crippen LogP contribution in [0.2, 0.25) is 5.02 Å². The maximum Gasteiger partial charge on any atom is 0.142 e. The lowest BCUT2D eigenvalue weighted by molar-refractivity contribution is 0.405. The first kappa shape index (κ1) is 13.5. The molecule has 0 amide bonds. The Balaban J connectivity index is 2.81. The summed E-state index contributed by atoms with van der Waals surface area (Å²) in [5.41, 5.74) is 0.876. The normalized spacial score (nSPS) is 13.1. The molecule has 0 fully saturated rings. The molecule has 0 saturated heterocycles. The van der Waals surface area contributed by atoms with Crippen LogP contribution in [-0.2, 0) is 6.42 Å². The lowest BCUT2D eigenvalue weighted by Gasteiger charge is -2.22. The summed E-state index contributed by atoms with van der Waals surface area (Å²) in [6.45, 7) is 7.29. The molecule has 0 radical (unpaired) electrons. The van der Waals surface area contributed by atoms with Crippen LogP contribution in [0.15, 0.2) is 18.2 Å². The molecule has 0 saturated carbocycles. The van der Waals surface area contributed by atoms with Crippen LogP contribution in [0.1, 0.15) is 26.3 Å². The van der Waals surface area contributed by atoms with Crippen molar-refractivity contribution in [3.05, 3.63) is 34.6 Å². The van der Waals surface area contributed by atoms with E-state index in [9.17, 15) is 4.39 Å². The Morgan fingerprint density at radius 2 is 2.06 bits per heavy atom. The Hall–Kier alpha value is -0.600. The van der Waals surface area contributed by atoms with Gasteiger partial charge in [-0.3, -0.25) is 0 Å². The van der Waals surface area contributed by atoms with Crippen LogP contribution >= 0.6 is 11.6 Å². The van der Waals surface area contributed by atoms with Crippen LogP contribution in [0, 0.1) is 11.7 Å². The molecular formula is C13H19ClFN. The van der Waals surface area contributed by atoms with Gasteiger partial charge in [0.15, 0.2) is 0 Å². The predicted octanol–water partition coefficient (Wildman–Crippen LogP) is 3.66. The zero-order chi connectivity index (χ0) is 12.1. The number of halogens is 2. The van der Waals surface area contributed by atoms with Crippen LogP contribution in [0.5, 0.6) is 0 Å². The Labute approximate surface area is 102 Å². The molecule has 0 heterocycles. The highest BCUT2D eigenvalue weighted by Gasteiger charge is 2.15. The fourth-order valence-corrected chi connectivity index (χ4v) is 1.95. The number of nitrogens with one attached hydrogen (secondary N) is 1. The summed E-state index contributed by atoms with van der Waals surface area (Å²) in [6, 6.07) is 5.32. The Morgan fingerprint density at radius 3 is 2.62 bits per heavy atom. The van der Waals surface area contributed by atoms with Gasteiger partial charge >= 0.3 is 0 Å². The number of hydrogen-bond donors (Lipinski definition) is 1. The van der Waals surface area contributed by atoms with E-state index < -0.39 is 0 Å². The highest BCUT2D eigenvalue weighted by molar-refractivity contribution is 6.31. The smallest absolute Gasteiger partial charge is 0.142 e. The molecule has 1 aromatic rings. The van der Waals surface area contributed by atoms with E-state index >= 15 is 0 Å². The number of likely N-dealkylation sites (N-methyl/N-ethyl adjacent to an activating group) is 1. The predicted molar refractivity (Wildman–Crippen MR) is 67.4 cm³/mol. The molecular weight excluding hydrogens is 225 g/mol. The van der Waals surface area contributed by atoms with Gasteiger partial charge in [0.05, 0.1) is 5.02 Å². The van der Waals surface area contributed by atoms with Crippen molar-refractivity contribution in [3.63, 3.8) is 0 Å². The first-order chi connectivity index (χ1) is 7.56. The quantitative estimate of drug-likeness (QED) is 0.832. The van der Waals surface area contributed by atoms with Crippen molar-refractivity contribution in [2.45, 2.75) is 33.2 Å². The first-order valence-corrected chi connectivity index (χ1v) is 6.10. The summed E-state index contributed by atoms with van der Waals surface area (Å²) in [7, 11) is 0. The molecule has 1 atom stereocenters. The average molecular weight is 244 g/mol. The zero-order valence-corrected chi connectivity index (χ0v) is 10.8. The van der Waals surface area contributed by atoms with Crippen LogP contribution in [0.4, 0.5) is 4.39 Å². The van der Waals surface area contributed by atoms with E-state index in [0.29, 0.717) is 12.0 Å². The molecule has 1 aromatic carbocycles. The van der Waals surface area contributed by atoms with Gasteiger partial charge in [-0.2, -0.15) is 0 Å². The third-order valence-electron chi connectivity index (χ3n) is 2.74. The molecule has 90 valence electrons. The summed E-state index contributed by atoms with van der Waals surface area (Å²) in [5, 5.41) is 3.65. The van der Waals surface area contributed by atoms with E-state index in [4.69, 9.17) is 11.6 Å². The monoisotopic (exact) mass is 243 g/mol. The second-order valence-corrected chi connectivity index (χ2v) is 4.70. The van der Waals surface area contributed by atoms with Crippen LogP contribution in [0.3, 0.4) is 0 Å². The van der Waals surface area contributed by atoms with Crippen molar-refractivity contribution >= 4 is 11.6 Å². The standard InChI is InChI=1S/C13H19ClFN/c1-4-16-12(9(2)3)8-10-6-5-7-11(15)13(10)14/h5-7,9,12,16H,4,8H2,1-3H3. The van der Waals surface area contributed by atoms with Gasteiger partial charge in [0, 0.05) is 6.04 Å². The first-order valence-electron chi connectivity index (χ1n) is 5.72. The molecule has 3 heteroatoms. The molecule has 1 N–H and O–H groups in total. The van der Waals surface area contributed by atoms with Gasteiger partial charge in [0.1, 0.15) is 5.82 Å². The zero-order valence-electron chi connectivity index (χ0n) is 10.1. The molecule has 0 bridgehead atoms. The van der Waals surface area contributed by atoms with Gasteiger partial charge in [0.25, 0.3) is 0 Å². The summed E-state index contributed by atoms with van der Waals surface area (Å²) in [5.74, 6) is 0.164. The molecule has 1 unspecified atom stereocenters. The van der Waals surface area contributed by atoms with E-state index in [1.807, 2.05) is 6.07 Å². The minimum absolute atomic E-state index is 0.256. The van der Waals surface area contributed by atoms with Gasteiger partial charge in [0.2, 0.25) is 0 Å². The third-order valence-corrected chi connectivity index (χ3v) is 3.17. The van der Waals surface area contributed by atoms with Gasteiger partial charge in [-0.15, -0.1) is 0 Å². The Kier molecular flexibility index (Phi) is 5.23. The van der Waals surface area contributed by atoms with Crippen LogP contribution < -0.4 is 5.32 Å². The number of rotatable bonds is 5. The van der Waals surface area contributed by atoms with E-state index in [-0.39, 0.29) is 10.8 Å². The SMILES string of the molecule is CCNC(Cc1cccc(F)c1Cl)C(C)C. The second kappa shape index (κ2) is 6.21. The summed E-state index contributed by atoms with van der Waals surface area (Å²) < 4.78 is 13.3. The fraction of sp³-hybridized carbons (Fsp3) is 0.538. The lowest BCUT2D eigenvalue weighted by atomic mass is 9.96. The fourth-order valence-electron chi connectivity index (χ4n) is 1.75. The van der Waals surface area contributed by atoms with Crippen molar-refractivity contribution in [1.82, 2.24) is 5.32 Å². The molecule has 16 heavy (non-hydrogen) atoms. The average Bonchev–Trinajstić information content (AvgIpc) is 2.23. The largest absolute Gasteiger partial charge is 0.314 e. The maximum atomic E-state index is 13.3. The van der Waals surface area contributed by atoms with Crippen LogP contribution in [0.25, 0.3) is 0 Å². The molecule has 0 aliphatic rings. The Bertz CT molecular complexity index is 339. The minimum atomic E-state index is -0.335. The van der Waals surface area contributed by atoms with Crippen molar-refractivity contribution in [1.29, 1.82) is 0 Å². The van der Waals surface area contributed by atoms with Gasteiger partial charge in [-0.25, -0.2) is 4.39 Å². The van der Waals surface area contributed by atoms with Crippen molar-refractivity contribution in [2.24, 2.45) is 5.92 Å². The highest BCUT2D eigenvalue weighted by atomic mass is 35.5. The van der Waals surface area contributed by atoms with Crippen molar-refractivity contribution < 1.29 is 4.39 Å². The summed E-state index contributed by atoms with van der Waals surface area (Å²) >= 11 is 5.94. The molecule has 0 aromatic heterocycles. The van der Waals surface area contributed by atoms with E-state index in [1.165, 1.54) is 6.07 Å². The highest BCUT2D eigenvalue weighted by Crippen LogP contribution is 2.22. The van der Waals surface area contributed by atoms with Gasteiger partial charge < -0.3 is 5.32 Å². The maximum absolute atomic E-state index is 13.3. The lowest BCUT2D eigenvalue weighted by Crippen LogP contribution is -2.35. The van der Waals surface area contributed by atoms with Gasteiger partial charge in [-0.1, -0.05) is 44.5 Å². The van der Waals surface area contributed by atoms with Gasteiger partial charge in [-0.05, 0) is 30.5 Å². The molecule has 0 aliphatic heterocycles. The number of benzene rings is 1. The third kappa shape index (κ3) is 3.46. The topological polar surface area (TPSA) is 12.0 Å². The summed E-state index contributed by atoms with van der Waals surface area (Å²) in [4.78, 5) is 0. The number of hydrogen-bond acceptors (Lipinski definition) is 1. The Morgan fingerprint density at radius 1 is 1.38 bits per heavy atom. The van der Waals surface area contributed by atoms with E-state index in [0.717, 1.165) is 18.5 Å². The summed E-state index contributed by atoms with van der Waals surface area (Å²) in [6.07, 6.45) is 0.766. The molecule has 0 aliphatic carbocycles.